The molecule has 1 amide bonds. The Hall–Kier alpha value is -3.26. The molecule has 148 valence electrons. The van der Waals surface area contributed by atoms with Gasteiger partial charge >= 0.3 is 0 Å². The van der Waals surface area contributed by atoms with Crippen molar-refractivity contribution in [3.05, 3.63) is 65.7 Å². The highest BCUT2D eigenvalue weighted by atomic mass is 32.1. The van der Waals surface area contributed by atoms with Crippen molar-refractivity contribution in [2.45, 2.75) is 20.4 Å². The number of anilines is 1. The smallest absolute Gasteiger partial charge is 0.281 e. The summed E-state index contributed by atoms with van der Waals surface area (Å²) in [5.41, 5.74) is 2.76. The summed E-state index contributed by atoms with van der Waals surface area (Å²) in [7, 11) is 1.80. The minimum atomic E-state index is -0.203. The van der Waals surface area contributed by atoms with Gasteiger partial charge in [0.1, 0.15) is 11.3 Å². The van der Waals surface area contributed by atoms with Gasteiger partial charge in [0.2, 0.25) is 0 Å². The SMILES string of the molecule is CCOc1cccc2sc(N(Cc3ccccn3)C(=O)c3nn(C)cc3C)nc12. The zero-order valence-electron chi connectivity index (χ0n) is 16.5. The van der Waals surface area contributed by atoms with Crippen LogP contribution in [0.4, 0.5) is 5.13 Å². The number of rotatable bonds is 6. The molecule has 0 aliphatic heterocycles. The molecule has 7 nitrogen and oxygen atoms in total. The van der Waals surface area contributed by atoms with E-state index < -0.39 is 0 Å². The van der Waals surface area contributed by atoms with Gasteiger partial charge in [-0.2, -0.15) is 5.10 Å². The molecule has 0 aliphatic rings. The first-order valence-electron chi connectivity index (χ1n) is 9.31. The number of nitrogens with zero attached hydrogens (tertiary/aromatic N) is 5. The molecule has 0 fully saturated rings. The number of pyridine rings is 1. The Morgan fingerprint density at radius 1 is 1.24 bits per heavy atom. The molecule has 0 unspecified atom stereocenters. The molecule has 3 aromatic heterocycles. The van der Waals surface area contributed by atoms with Crippen molar-refractivity contribution in [3.63, 3.8) is 0 Å². The van der Waals surface area contributed by atoms with Gasteiger partial charge in [-0.15, -0.1) is 0 Å². The van der Waals surface area contributed by atoms with Gasteiger partial charge < -0.3 is 4.74 Å². The maximum atomic E-state index is 13.4. The quantitative estimate of drug-likeness (QED) is 0.483. The first-order valence-corrected chi connectivity index (χ1v) is 10.1. The van der Waals surface area contributed by atoms with E-state index in [0.717, 1.165) is 21.5 Å². The van der Waals surface area contributed by atoms with Crippen molar-refractivity contribution in [1.82, 2.24) is 19.7 Å². The average molecular weight is 407 g/mol. The number of hydrogen-bond donors (Lipinski definition) is 0. The van der Waals surface area contributed by atoms with Crippen LogP contribution in [0.15, 0.2) is 48.8 Å². The number of aryl methyl sites for hydroxylation is 2. The van der Waals surface area contributed by atoms with Crippen molar-refractivity contribution < 1.29 is 9.53 Å². The van der Waals surface area contributed by atoms with E-state index in [9.17, 15) is 4.79 Å². The molecule has 29 heavy (non-hydrogen) atoms. The standard InChI is InChI=1S/C21H21N5O2S/c1-4-28-16-9-7-10-17-19(16)23-21(29-17)26(13-15-8-5-6-11-22-15)20(27)18-14(2)12-25(3)24-18/h5-12H,4,13H2,1-3H3. The lowest BCUT2D eigenvalue weighted by Gasteiger charge is -2.18. The van der Waals surface area contributed by atoms with Crippen LogP contribution < -0.4 is 9.64 Å². The summed E-state index contributed by atoms with van der Waals surface area (Å²) in [6.07, 6.45) is 3.55. The van der Waals surface area contributed by atoms with Crippen LogP contribution in [0.1, 0.15) is 28.7 Å². The van der Waals surface area contributed by atoms with Crippen LogP contribution in [0, 0.1) is 6.92 Å². The second kappa shape index (κ2) is 8.00. The third-order valence-electron chi connectivity index (χ3n) is 4.41. The van der Waals surface area contributed by atoms with Gasteiger partial charge in [-0.05, 0) is 38.1 Å². The molecule has 8 heteroatoms. The molecule has 0 spiro atoms. The lowest BCUT2D eigenvalue weighted by atomic mass is 10.2. The number of para-hydroxylation sites is 1. The number of ether oxygens (including phenoxy) is 1. The molecule has 4 rings (SSSR count). The van der Waals surface area contributed by atoms with Crippen LogP contribution in [0.3, 0.4) is 0 Å². The number of carbonyl (C=O) groups excluding carboxylic acids is 1. The lowest BCUT2D eigenvalue weighted by molar-refractivity contribution is 0.0978. The summed E-state index contributed by atoms with van der Waals surface area (Å²) in [5.74, 6) is 0.512. The van der Waals surface area contributed by atoms with Crippen molar-refractivity contribution in [1.29, 1.82) is 0 Å². The Bertz CT molecular complexity index is 1150. The van der Waals surface area contributed by atoms with Gasteiger partial charge in [0.05, 0.1) is 23.5 Å². The van der Waals surface area contributed by atoms with E-state index in [-0.39, 0.29) is 5.91 Å². The highest BCUT2D eigenvalue weighted by Crippen LogP contribution is 2.35. The fourth-order valence-corrected chi connectivity index (χ4v) is 4.11. The van der Waals surface area contributed by atoms with Crippen LogP contribution in [-0.2, 0) is 13.6 Å². The number of thiazole rings is 1. The number of amides is 1. The van der Waals surface area contributed by atoms with Crippen molar-refractivity contribution in [2.75, 3.05) is 11.5 Å². The molecular weight excluding hydrogens is 386 g/mol. The maximum Gasteiger partial charge on any atom is 0.281 e. The second-order valence-electron chi connectivity index (χ2n) is 6.58. The topological polar surface area (TPSA) is 73.1 Å². The third kappa shape index (κ3) is 3.84. The van der Waals surface area contributed by atoms with Crippen LogP contribution in [-0.4, -0.2) is 32.3 Å². The number of hydrogen-bond acceptors (Lipinski definition) is 6. The predicted molar refractivity (Wildman–Crippen MR) is 113 cm³/mol. The van der Waals surface area contributed by atoms with E-state index in [1.165, 1.54) is 11.3 Å². The molecule has 0 saturated carbocycles. The Morgan fingerprint density at radius 2 is 2.10 bits per heavy atom. The normalized spacial score (nSPS) is 11.0. The van der Waals surface area contributed by atoms with Crippen LogP contribution in [0.2, 0.25) is 0 Å². The third-order valence-corrected chi connectivity index (χ3v) is 5.45. The minimum absolute atomic E-state index is 0.203. The van der Waals surface area contributed by atoms with E-state index in [1.807, 2.05) is 56.4 Å². The molecular formula is C21H21N5O2S. The van der Waals surface area contributed by atoms with Gasteiger partial charge in [-0.1, -0.05) is 23.5 Å². The fraction of sp³-hybridized carbons (Fsp3) is 0.238. The molecule has 0 aliphatic carbocycles. The van der Waals surface area contributed by atoms with E-state index in [2.05, 4.69) is 10.1 Å². The zero-order valence-corrected chi connectivity index (χ0v) is 17.3. The molecule has 0 radical (unpaired) electrons. The highest BCUT2D eigenvalue weighted by Gasteiger charge is 2.26. The summed E-state index contributed by atoms with van der Waals surface area (Å²) in [6, 6.07) is 11.5. The number of fused-ring (bicyclic) bond motifs is 1. The summed E-state index contributed by atoms with van der Waals surface area (Å²) >= 11 is 1.45. The van der Waals surface area contributed by atoms with Gasteiger partial charge in [-0.3, -0.25) is 19.4 Å². The highest BCUT2D eigenvalue weighted by molar-refractivity contribution is 7.22. The fourth-order valence-electron chi connectivity index (χ4n) is 3.13. The minimum Gasteiger partial charge on any atom is -0.492 e. The van der Waals surface area contributed by atoms with Gasteiger partial charge in [0.15, 0.2) is 10.8 Å². The zero-order chi connectivity index (χ0) is 20.4. The molecule has 3 heterocycles. The van der Waals surface area contributed by atoms with Crippen LogP contribution >= 0.6 is 11.3 Å². The second-order valence-corrected chi connectivity index (χ2v) is 7.59. The monoisotopic (exact) mass is 407 g/mol. The lowest BCUT2D eigenvalue weighted by Crippen LogP contribution is -2.31. The first kappa shape index (κ1) is 19.1. The Kier molecular flexibility index (Phi) is 5.26. The molecule has 1 aromatic carbocycles. The van der Waals surface area contributed by atoms with Crippen LogP contribution in [0.25, 0.3) is 10.2 Å². The van der Waals surface area contributed by atoms with Gasteiger partial charge in [-0.25, -0.2) is 4.98 Å². The van der Waals surface area contributed by atoms with Crippen LogP contribution in [0.5, 0.6) is 5.75 Å². The average Bonchev–Trinajstić information content (AvgIpc) is 3.30. The first-order chi connectivity index (χ1) is 14.1. The van der Waals surface area contributed by atoms with Crippen molar-refractivity contribution >= 4 is 32.6 Å². The summed E-state index contributed by atoms with van der Waals surface area (Å²) in [4.78, 5) is 24.2. The molecule has 0 atom stereocenters. The van der Waals surface area contributed by atoms with E-state index in [4.69, 9.17) is 9.72 Å². The number of carbonyl (C=O) groups is 1. The summed E-state index contributed by atoms with van der Waals surface area (Å²) in [6.45, 7) is 4.67. The molecule has 0 N–H and O–H groups in total. The Balaban J connectivity index is 1.79. The Labute approximate surface area is 172 Å². The number of benzene rings is 1. The molecule has 4 aromatic rings. The maximum absolute atomic E-state index is 13.4. The largest absolute Gasteiger partial charge is 0.492 e. The summed E-state index contributed by atoms with van der Waals surface area (Å²) in [5, 5.41) is 4.95. The van der Waals surface area contributed by atoms with Gasteiger partial charge in [0, 0.05) is 25.0 Å². The molecule has 0 bridgehead atoms. The molecule has 0 saturated heterocycles. The van der Waals surface area contributed by atoms with E-state index in [1.54, 1.807) is 22.8 Å². The van der Waals surface area contributed by atoms with E-state index in [0.29, 0.717) is 29.7 Å². The number of aromatic nitrogens is 4. The summed E-state index contributed by atoms with van der Waals surface area (Å²) < 4.78 is 8.32. The predicted octanol–water partition coefficient (Wildman–Crippen LogP) is 3.98. The Morgan fingerprint density at radius 3 is 2.79 bits per heavy atom. The van der Waals surface area contributed by atoms with Gasteiger partial charge in [0.25, 0.3) is 5.91 Å². The van der Waals surface area contributed by atoms with Crippen molar-refractivity contribution in [3.8, 4) is 5.75 Å². The van der Waals surface area contributed by atoms with E-state index >= 15 is 0 Å². The van der Waals surface area contributed by atoms with Crippen molar-refractivity contribution in [2.24, 2.45) is 7.05 Å².